The van der Waals surface area contributed by atoms with E-state index in [0.717, 1.165) is 6.07 Å². The second-order valence-corrected chi connectivity index (χ2v) is 5.91. The normalized spacial score (nSPS) is 10.8. The topological polar surface area (TPSA) is 97.0 Å². The number of esters is 1. The van der Waals surface area contributed by atoms with Crippen LogP contribution in [-0.2, 0) is 4.79 Å². The Kier molecular flexibility index (Phi) is 4.02. The highest BCUT2D eigenvalue weighted by molar-refractivity contribution is 9.10. The van der Waals surface area contributed by atoms with Crippen molar-refractivity contribution >= 4 is 32.9 Å². The van der Waals surface area contributed by atoms with Gasteiger partial charge < -0.3 is 19.4 Å². The van der Waals surface area contributed by atoms with Crippen molar-refractivity contribution in [2.24, 2.45) is 0 Å². The van der Waals surface area contributed by atoms with Crippen LogP contribution in [0.3, 0.4) is 0 Å². The third-order valence-corrected chi connectivity index (χ3v) is 3.96. The molecule has 3 aromatic rings. The van der Waals surface area contributed by atoms with E-state index in [4.69, 9.17) is 9.15 Å². The van der Waals surface area contributed by atoms with E-state index in [9.17, 15) is 19.8 Å². The zero-order chi connectivity index (χ0) is 17.4. The summed E-state index contributed by atoms with van der Waals surface area (Å²) in [6, 6.07) is 8.57. The van der Waals surface area contributed by atoms with Crippen molar-refractivity contribution in [1.29, 1.82) is 0 Å². The van der Waals surface area contributed by atoms with Gasteiger partial charge in [-0.05, 0) is 24.3 Å². The molecule has 0 unspecified atom stereocenters. The lowest BCUT2D eigenvalue weighted by molar-refractivity contribution is -0.131. The third kappa shape index (κ3) is 2.98. The zero-order valence-electron chi connectivity index (χ0n) is 12.4. The number of hydrogen-bond donors (Lipinski definition) is 2. The minimum absolute atomic E-state index is 0.0777. The Hall–Kier alpha value is -2.80. The van der Waals surface area contributed by atoms with Gasteiger partial charge in [-0.1, -0.05) is 15.9 Å². The van der Waals surface area contributed by atoms with Crippen LogP contribution in [0.25, 0.3) is 22.1 Å². The maximum Gasteiger partial charge on any atom is 0.344 e. The summed E-state index contributed by atoms with van der Waals surface area (Å²) in [7, 11) is 0. The molecular formula is C17H11BrO6. The molecule has 24 heavy (non-hydrogen) atoms. The van der Waals surface area contributed by atoms with E-state index in [1.807, 2.05) is 0 Å². The molecule has 2 N–H and O–H groups in total. The highest BCUT2D eigenvalue weighted by atomic mass is 79.9. The highest BCUT2D eigenvalue weighted by Crippen LogP contribution is 2.34. The molecule has 0 bridgehead atoms. The van der Waals surface area contributed by atoms with E-state index in [1.165, 1.54) is 19.1 Å². The minimum Gasteiger partial charge on any atom is -0.508 e. The summed E-state index contributed by atoms with van der Waals surface area (Å²) in [6.07, 6.45) is 0. The monoisotopic (exact) mass is 390 g/mol. The van der Waals surface area contributed by atoms with Gasteiger partial charge in [0.1, 0.15) is 22.8 Å². The molecule has 1 heterocycles. The molecule has 7 heteroatoms. The Bertz CT molecular complexity index is 1020. The van der Waals surface area contributed by atoms with E-state index in [0.29, 0.717) is 21.2 Å². The van der Waals surface area contributed by atoms with E-state index in [2.05, 4.69) is 15.9 Å². The van der Waals surface area contributed by atoms with Gasteiger partial charge in [0.15, 0.2) is 0 Å². The fourth-order valence-corrected chi connectivity index (χ4v) is 2.89. The summed E-state index contributed by atoms with van der Waals surface area (Å²) < 4.78 is 10.7. The Labute approximate surface area is 144 Å². The first-order valence-electron chi connectivity index (χ1n) is 6.83. The lowest BCUT2D eigenvalue weighted by Gasteiger charge is -2.08. The molecule has 0 amide bonds. The summed E-state index contributed by atoms with van der Waals surface area (Å²) in [5, 5.41) is 19.7. The number of rotatable bonds is 2. The summed E-state index contributed by atoms with van der Waals surface area (Å²) in [5.41, 5.74) is 0.168. The van der Waals surface area contributed by atoms with Crippen molar-refractivity contribution in [3.63, 3.8) is 0 Å². The Morgan fingerprint density at radius 3 is 2.54 bits per heavy atom. The van der Waals surface area contributed by atoms with Crippen molar-refractivity contribution < 1.29 is 24.2 Å². The largest absolute Gasteiger partial charge is 0.508 e. The number of phenolic OH excluding ortho intramolecular Hbond substituents is 2. The first kappa shape index (κ1) is 16.1. The van der Waals surface area contributed by atoms with Gasteiger partial charge in [-0.3, -0.25) is 4.79 Å². The third-order valence-electron chi connectivity index (χ3n) is 3.31. The number of halogens is 1. The summed E-state index contributed by atoms with van der Waals surface area (Å²) in [4.78, 5) is 23.2. The van der Waals surface area contributed by atoms with Crippen molar-refractivity contribution in [3.8, 4) is 28.4 Å². The average Bonchev–Trinajstić information content (AvgIpc) is 2.46. The maximum atomic E-state index is 12.2. The molecule has 122 valence electrons. The van der Waals surface area contributed by atoms with Gasteiger partial charge >= 0.3 is 11.6 Å². The standard InChI is InChI=1S/C17H11BrO6/c1-8(19)23-10-2-3-11(14(18)6-10)12-7-13-15(21)4-9(20)5-16(13)24-17(12)22/h2-7,20-21H,1H3. The molecule has 0 aliphatic carbocycles. The predicted octanol–water partition coefficient (Wildman–Crippen LogP) is 3.56. The Balaban J connectivity index is 2.17. The molecule has 0 aliphatic rings. The summed E-state index contributed by atoms with van der Waals surface area (Å²) >= 11 is 3.33. The van der Waals surface area contributed by atoms with Crippen LogP contribution in [0.4, 0.5) is 0 Å². The maximum absolute atomic E-state index is 12.2. The quantitative estimate of drug-likeness (QED) is 0.394. The molecule has 0 spiro atoms. The van der Waals surface area contributed by atoms with Crippen molar-refractivity contribution in [2.75, 3.05) is 0 Å². The van der Waals surface area contributed by atoms with Gasteiger partial charge in [0.25, 0.3) is 0 Å². The van der Waals surface area contributed by atoms with Gasteiger partial charge in [0.05, 0.1) is 10.9 Å². The molecule has 0 saturated heterocycles. The van der Waals surface area contributed by atoms with Gasteiger partial charge in [-0.15, -0.1) is 0 Å². The summed E-state index contributed by atoms with van der Waals surface area (Å²) in [6.45, 7) is 1.29. The van der Waals surface area contributed by atoms with Gasteiger partial charge in [0.2, 0.25) is 0 Å². The smallest absolute Gasteiger partial charge is 0.344 e. The van der Waals surface area contributed by atoms with Gasteiger partial charge in [0, 0.05) is 29.1 Å². The van der Waals surface area contributed by atoms with E-state index >= 15 is 0 Å². The van der Waals surface area contributed by atoms with Crippen LogP contribution in [0, 0.1) is 0 Å². The fraction of sp³-hybridized carbons (Fsp3) is 0.0588. The molecule has 0 atom stereocenters. The summed E-state index contributed by atoms with van der Waals surface area (Å²) in [5.74, 6) is -0.536. The second kappa shape index (κ2) is 6.01. The molecule has 0 aliphatic heterocycles. The fourth-order valence-electron chi connectivity index (χ4n) is 2.32. The van der Waals surface area contributed by atoms with E-state index in [1.54, 1.807) is 18.2 Å². The number of carbonyl (C=O) groups is 1. The highest BCUT2D eigenvalue weighted by Gasteiger charge is 2.14. The van der Waals surface area contributed by atoms with Crippen LogP contribution in [0.15, 0.2) is 50.1 Å². The second-order valence-electron chi connectivity index (χ2n) is 5.06. The van der Waals surface area contributed by atoms with E-state index < -0.39 is 11.6 Å². The van der Waals surface area contributed by atoms with Crippen LogP contribution in [0.1, 0.15) is 6.92 Å². The van der Waals surface area contributed by atoms with Crippen molar-refractivity contribution in [3.05, 3.63) is 51.3 Å². The lowest BCUT2D eigenvalue weighted by Crippen LogP contribution is -2.04. The Morgan fingerprint density at radius 1 is 1.12 bits per heavy atom. The number of hydrogen-bond acceptors (Lipinski definition) is 6. The first-order valence-corrected chi connectivity index (χ1v) is 7.62. The lowest BCUT2D eigenvalue weighted by atomic mass is 10.1. The molecule has 6 nitrogen and oxygen atoms in total. The van der Waals surface area contributed by atoms with E-state index in [-0.39, 0.29) is 22.6 Å². The van der Waals surface area contributed by atoms with Crippen LogP contribution in [-0.4, -0.2) is 16.2 Å². The molecule has 2 aromatic carbocycles. The van der Waals surface area contributed by atoms with Crippen molar-refractivity contribution in [2.45, 2.75) is 6.92 Å². The minimum atomic E-state index is -0.631. The molecule has 0 radical (unpaired) electrons. The number of ether oxygens (including phenoxy) is 1. The van der Waals surface area contributed by atoms with Crippen LogP contribution in [0.5, 0.6) is 17.2 Å². The van der Waals surface area contributed by atoms with Gasteiger partial charge in [-0.2, -0.15) is 0 Å². The first-order chi connectivity index (χ1) is 11.3. The number of aromatic hydroxyl groups is 2. The average molecular weight is 391 g/mol. The van der Waals surface area contributed by atoms with Gasteiger partial charge in [-0.25, -0.2) is 4.79 Å². The van der Waals surface area contributed by atoms with Crippen LogP contribution >= 0.6 is 15.9 Å². The predicted molar refractivity (Wildman–Crippen MR) is 90.3 cm³/mol. The number of benzene rings is 2. The molecule has 1 aromatic heterocycles. The molecule has 0 saturated carbocycles. The molecule has 0 fully saturated rings. The number of fused-ring (bicyclic) bond motifs is 1. The molecule has 3 rings (SSSR count). The molecular weight excluding hydrogens is 380 g/mol. The zero-order valence-corrected chi connectivity index (χ0v) is 14.0. The van der Waals surface area contributed by atoms with Crippen LogP contribution in [0.2, 0.25) is 0 Å². The number of carbonyl (C=O) groups excluding carboxylic acids is 1. The van der Waals surface area contributed by atoms with Crippen molar-refractivity contribution in [1.82, 2.24) is 0 Å². The SMILES string of the molecule is CC(=O)Oc1ccc(-c2cc3c(O)cc(O)cc3oc2=O)c(Br)c1. The van der Waals surface area contributed by atoms with Crippen LogP contribution < -0.4 is 10.4 Å². The Morgan fingerprint density at radius 2 is 1.88 bits per heavy atom. The number of phenols is 2.